The van der Waals surface area contributed by atoms with Gasteiger partial charge >= 0.3 is 0 Å². The number of hydrogen-bond acceptors (Lipinski definition) is 5. The fourth-order valence-electron chi connectivity index (χ4n) is 1.53. The van der Waals surface area contributed by atoms with E-state index in [0.29, 0.717) is 6.61 Å². The van der Waals surface area contributed by atoms with Gasteiger partial charge in [-0.15, -0.1) is 0 Å². The van der Waals surface area contributed by atoms with E-state index in [1.54, 1.807) is 0 Å². The minimum atomic E-state index is 0.690. The van der Waals surface area contributed by atoms with Gasteiger partial charge in [0.15, 0.2) is 0 Å². The van der Waals surface area contributed by atoms with Crippen molar-refractivity contribution in [2.24, 2.45) is 0 Å². The van der Waals surface area contributed by atoms with E-state index in [-0.39, 0.29) is 0 Å². The average Bonchev–Trinajstić information content (AvgIpc) is 2.30. The summed E-state index contributed by atoms with van der Waals surface area (Å²) in [4.78, 5) is 8.77. The van der Waals surface area contributed by atoms with Gasteiger partial charge in [0.25, 0.3) is 0 Å². The Balaban J connectivity index is 2.69. The average molecular weight is 238 g/mol. The summed E-state index contributed by atoms with van der Waals surface area (Å²) in [6.07, 6.45) is 0. The Bertz CT molecular complexity index is 355. The molecule has 96 valence electrons. The fourth-order valence-corrected chi connectivity index (χ4v) is 1.53. The van der Waals surface area contributed by atoms with Gasteiger partial charge in [-0.25, -0.2) is 9.97 Å². The summed E-state index contributed by atoms with van der Waals surface area (Å²) in [5.74, 6) is 2.55. The number of aromatic nitrogens is 2. The number of ether oxygens (including phenoxy) is 1. The van der Waals surface area contributed by atoms with Crippen LogP contribution in [0.1, 0.15) is 25.2 Å². The highest BCUT2D eigenvalue weighted by molar-refractivity contribution is 5.57. The molecule has 0 bridgehead atoms. The highest BCUT2D eigenvalue weighted by Crippen LogP contribution is 2.19. The van der Waals surface area contributed by atoms with Crippen LogP contribution in [-0.2, 0) is 4.74 Å². The van der Waals surface area contributed by atoms with Crippen molar-refractivity contribution in [2.75, 3.05) is 36.9 Å². The van der Waals surface area contributed by atoms with Crippen molar-refractivity contribution in [3.63, 3.8) is 0 Å². The van der Waals surface area contributed by atoms with Crippen molar-refractivity contribution in [3.8, 4) is 0 Å². The van der Waals surface area contributed by atoms with Gasteiger partial charge < -0.3 is 15.4 Å². The Morgan fingerprint density at radius 3 is 2.29 bits per heavy atom. The van der Waals surface area contributed by atoms with Gasteiger partial charge in [0.05, 0.1) is 6.61 Å². The van der Waals surface area contributed by atoms with E-state index < -0.39 is 0 Å². The fraction of sp³-hybridized carbons (Fsp3) is 0.667. The maximum atomic E-state index is 5.28. The van der Waals surface area contributed by atoms with E-state index in [2.05, 4.69) is 27.5 Å². The first kappa shape index (κ1) is 13.7. The van der Waals surface area contributed by atoms with Crippen LogP contribution in [0.3, 0.4) is 0 Å². The molecular formula is C12H22N4O. The molecule has 1 aromatic heterocycles. The van der Waals surface area contributed by atoms with Gasteiger partial charge in [-0.05, 0) is 27.7 Å². The number of nitrogens with one attached hydrogen (secondary N) is 2. The lowest BCUT2D eigenvalue weighted by Crippen LogP contribution is -2.14. The van der Waals surface area contributed by atoms with Crippen LogP contribution in [0.15, 0.2) is 0 Å². The Morgan fingerprint density at radius 1 is 1.06 bits per heavy atom. The largest absolute Gasteiger partial charge is 0.380 e. The second-order valence-electron chi connectivity index (χ2n) is 3.75. The SMILES string of the molecule is CCNc1nc(C)nc(NCCOCC)c1C. The molecular weight excluding hydrogens is 216 g/mol. The first-order chi connectivity index (χ1) is 8.19. The molecule has 1 rings (SSSR count). The lowest BCUT2D eigenvalue weighted by atomic mass is 10.3. The number of aryl methyl sites for hydroxylation is 1. The minimum absolute atomic E-state index is 0.690. The molecule has 0 unspecified atom stereocenters. The minimum Gasteiger partial charge on any atom is -0.380 e. The quantitative estimate of drug-likeness (QED) is 0.711. The molecule has 0 spiro atoms. The molecule has 0 aliphatic carbocycles. The van der Waals surface area contributed by atoms with E-state index in [9.17, 15) is 0 Å². The standard InChI is InChI=1S/C12H22N4O/c1-5-13-11-9(3)12(16-10(4)15-11)14-7-8-17-6-2/h5-8H2,1-4H3,(H2,13,14,15,16). The van der Waals surface area contributed by atoms with Gasteiger partial charge in [0, 0.05) is 25.3 Å². The van der Waals surface area contributed by atoms with Crippen molar-refractivity contribution in [2.45, 2.75) is 27.7 Å². The Hall–Kier alpha value is -1.36. The smallest absolute Gasteiger partial charge is 0.134 e. The lowest BCUT2D eigenvalue weighted by molar-refractivity contribution is 0.158. The molecule has 17 heavy (non-hydrogen) atoms. The highest BCUT2D eigenvalue weighted by Gasteiger charge is 2.07. The van der Waals surface area contributed by atoms with E-state index in [1.165, 1.54) is 0 Å². The number of nitrogens with zero attached hydrogens (tertiary/aromatic N) is 2. The second-order valence-corrected chi connectivity index (χ2v) is 3.75. The molecule has 1 heterocycles. The molecule has 0 saturated carbocycles. The molecule has 1 aromatic rings. The molecule has 0 aliphatic rings. The predicted molar refractivity (Wildman–Crippen MR) is 70.7 cm³/mol. The lowest BCUT2D eigenvalue weighted by Gasteiger charge is -2.13. The van der Waals surface area contributed by atoms with Crippen LogP contribution in [0, 0.1) is 13.8 Å². The number of hydrogen-bond donors (Lipinski definition) is 2. The zero-order chi connectivity index (χ0) is 12.7. The first-order valence-corrected chi connectivity index (χ1v) is 6.09. The monoisotopic (exact) mass is 238 g/mol. The molecule has 0 fully saturated rings. The van der Waals surface area contributed by atoms with Crippen LogP contribution in [0.5, 0.6) is 0 Å². The Labute approximate surface area is 103 Å². The number of anilines is 2. The molecule has 0 radical (unpaired) electrons. The van der Waals surface area contributed by atoms with Crippen molar-refractivity contribution in [3.05, 3.63) is 11.4 Å². The van der Waals surface area contributed by atoms with Gasteiger partial charge in [0.1, 0.15) is 17.5 Å². The molecule has 0 atom stereocenters. The Morgan fingerprint density at radius 2 is 1.71 bits per heavy atom. The molecule has 0 amide bonds. The van der Waals surface area contributed by atoms with E-state index in [1.807, 2.05) is 20.8 Å². The maximum absolute atomic E-state index is 5.28. The zero-order valence-electron chi connectivity index (χ0n) is 11.1. The van der Waals surface area contributed by atoms with Crippen molar-refractivity contribution in [1.29, 1.82) is 0 Å². The molecule has 5 nitrogen and oxygen atoms in total. The molecule has 0 saturated heterocycles. The van der Waals surface area contributed by atoms with Crippen molar-refractivity contribution < 1.29 is 4.74 Å². The normalized spacial score (nSPS) is 10.4. The third-order valence-corrected chi connectivity index (χ3v) is 2.34. The van der Waals surface area contributed by atoms with Crippen LogP contribution < -0.4 is 10.6 Å². The predicted octanol–water partition coefficient (Wildman–Crippen LogP) is 1.97. The van der Waals surface area contributed by atoms with Crippen LogP contribution in [0.25, 0.3) is 0 Å². The summed E-state index contributed by atoms with van der Waals surface area (Å²) in [6.45, 7) is 11.0. The van der Waals surface area contributed by atoms with Gasteiger partial charge in [-0.3, -0.25) is 0 Å². The topological polar surface area (TPSA) is 59.1 Å². The summed E-state index contributed by atoms with van der Waals surface area (Å²) in [5, 5.41) is 6.51. The van der Waals surface area contributed by atoms with Gasteiger partial charge in [-0.2, -0.15) is 0 Å². The van der Waals surface area contributed by atoms with Gasteiger partial charge in [0.2, 0.25) is 0 Å². The summed E-state index contributed by atoms with van der Waals surface area (Å²) in [5.41, 5.74) is 1.05. The summed E-state index contributed by atoms with van der Waals surface area (Å²) in [6, 6.07) is 0. The first-order valence-electron chi connectivity index (χ1n) is 6.09. The second kappa shape index (κ2) is 7.06. The molecule has 0 aromatic carbocycles. The van der Waals surface area contributed by atoms with Gasteiger partial charge in [-0.1, -0.05) is 0 Å². The van der Waals surface area contributed by atoms with Crippen LogP contribution >= 0.6 is 0 Å². The molecule has 5 heteroatoms. The molecule has 2 N–H and O–H groups in total. The maximum Gasteiger partial charge on any atom is 0.134 e. The highest BCUT2D eigenvalue weighted by atomic mass is 16.5. The van der Waals surface area contributed by atoms with Crippen molar-refractivity contribution >= 4 is 11.6 Å². The van der Waals surface area contributed by atoms with E-state index in [4.69, 9.17) is 4.74 Å². The Kier molecular flexibility index (Phi) is 5.69. The third kappa shape index (κ3) is 4.19. The number of rotatable bonds is 7. The van der Waals surface area contributed by atoms with Crippen molar-refractivity contribution in [1.82, 2.24) is 9.97 Å². The van der Waals surface area contributed by atoms with Crippen LogP contribution in [-0.4, -0.2) is 36.3 Å². The zero-order valence-corrected chi connectivity index (χ0v) is 11.1. The summed E-state index contributed by atoms with van der Waals surface area (Å²) < 4.78 is 5.28. The van der Waals surface area contributed by atoms with Crippen LogP contribution in [0.2, 0.25) is 0 Å². The third-order valence-electron chi connectivity index (χ3n) is 2.34. The summed E-state index contributed by atoms with van der Waals surface area (Å²) >= 11 is 0. The van der Waals surface area contributed by atoms with E-state index in [0.717, 1.165) is 42.7 Å². The van der Waals surface area contributed by atoms with E-state index >= 15 is 0 Å². The van der Waals surface area contributed by atoms with Crippen LogP contribution in [0.4, 0.5) is 11.6 Å². The molecule has 0 aliphatic heterocycles. The summed E-state index contributed by atoms with van der Waals surface area (Å²) in [7, 11) is 0.